The Hall–Kier alpha value is -0.570. The zero-order chi connectivity index (χ0) is 10.8. The molecular weight excluding hydrogens is 242 g/mol. The van der Waals surface area contributed by atoms with E-state index in [1.807, 2.05) is 26.0 Å². The van der Waals surface area contributed by atoms with Gasteiger partial charge in [-0.05, 0) is 42.3 Å². The molecule has 0 saturated carbocycles. The third-order valence-electron chi connectivity index (χ3n) is 1.49. The Labute approximate surface area is 94.9 Å². The predicted octanol–water partition coefficient (Wildman–Crippen LogP) is 4.03. The summed E-state index contributed by atoms with van der Waals surface area (Å²) >= 11 is 3.35. The van der Waals surface area contributed by atoms with Crippen LogP contribution < -0.4 is 0 Å². The molecule has 0 spiro atoms. The van der Waals surface area contributed by atoms with Gasteiger partial charge in [-0.3, -0.25) is 0 Å². The van der Waals surface area contributed by atoms with Crippen molar-refractivity contribution in [1.82, 2.24) is 0 Å². The largest absolute Gasteiger partial charge is 0.478 e. The smallest absolute Gasteiger partial charge is 0.209 e. The summed E-state index contributed by atoms with van der Waals surface area (Å²) in [5.41, 5.74) is 0. The highest BCUT2D eigenvalue weighted by molar-refractivity contribution is 9.12. The minimum absolute atomic E-state index is 0.653. The minimum atomic E-state index is 0.653. The molecule has 2 nitrogen and oxygen atoms in total. The van der Waals surface area contributed by atoms with Crippen LogP contribution in [0.4, 0.5) is 0 Å². The molecule has 0 aromatic heterocycles. The molecule has 0 aromatic carbocycles. The number of rotatable bonds is 6. The molecule has 0 radical (unpaired) electrons. The number of hydrogen-bond donors (Lipinski definition) is 0. The van der Waals surface area contributed by atoms with Crippen molar-refractivity contribution in [1.29, 1.82) is 0 Å². The first kappa shape index (κ1) is 13.4. The molecule has 80 valence electrons. The first-order valence-corrected chi connectivity index (χ1v) is 5.72. The van der Waals surface area contributed by atoms with Gasteiger partial charge in [0.2, 0.25) is 5.88 Å². The Kier molecular flexibility index (Phi) is 8.64. The van der Waals surface area contributed by atoms with Crippen LogP contribution in [0.1, 0.15) is 33.6 Å². The first-order chi connectivity index (χ1) is 6.74. The van der Waals surface area contributed by atoms with E-state index in [4.69, 9.17) is 4.74 Å². The second kappa shape index (κ2) is 9.00. The van der Waals surface area contributed by atoms with Crippen molar-refractivity contribution in [3.8, 4) is 0 Å². The zero-order valence-corrected chi connectivity index (χ0v) is 10.7. The fourth-order valence-corrected chi connectivity index (χ4v) is 0.867. The Balaban J connectivity index is 4.28. The fraction of sp³-hybridized carbons (Fsp3) is 0.545. The van der Waals surface area contributed by atoms with E-state index in [9.17, 15) is 0 Å². The molecule has 0 N–H and O–H groups in total. The van der Waals surface area contributed by atoms with Gasteiger partial charge in [0.25, 0.3) is 0 Å². The van der Waals surface area contributed by atoms with E-state index in [2.05, 4.69) is 27.8 Å². The second-order valence-electron chi connectivity index (χ2n) is 2.70. The average Bonchev–Trinajstić information content (AvgIpc) is 2.21. The van der Waals surface area contributed by atoms with Crippen LogP contribution in [-0.2, 0) is 4.74 Å². The number of nitrogens with zero attached hydrogens (tertiary/aromatic N) is 1. The number of allylic oxidation sites excluding steroid dienone is 3. The van der Waals surface area contributed by atoms with Crippen LogP contribution in [0.15, 0.2) is 27.5 Å². The molecule has 0 aliphatic heterocycles. The van der Waals surface area contributed by atoms with Gasteiger partial charge in [0.05, 0.1) is 6.61 Å². The minimum Gasteiger partial charge on any atom is -0.478 e. The van der Waals surface area contributed by atoms with Gasteiger partial charge in [-0.15, -0.1) is 0 Å². The van der Waals surface area contributed by atoms with Crippen molar-refractivity contribution in [3.05, 3.63) is 22.5 Å². The predicted molar refractivity (Wildman–Crippen MR) is 65.8 cm³/mol. The molecule has 0 aliphatic carbocycles. The molecule has 0 aliphatic rings. The highest BCUT2D eigenvalue weighted by atomic mass is 79.9. The van der Waals surface area contributed by atoms with Crippen LogP contribution in [0.3, 0.4) is 0 Å². The monoisotopic (exact) mass is 259 g/mol. The van der Waals surface area contributed by atoms with E-state index in [1.54, 1.807) is 6.21 Å². The average molecular weight is 260 g/mol. The van der Waals surface area contributed by atoms with E-state index in [0.29, 0.717) is 12.5 Å². The lowest BCUT2D eigenvalue weighted by atomic mass is 10.3. The lowest BCUT2D eigenvalue weighted by molar-refractivity contribution is 0.226. The van der Waals surface area contributed by atoms with E-state index in [-0.39, 0.29) is 0 Å². The van der Waals surface area contributed by atoms with Gasteiger partial charge in [0, 0.05) is 10.7 Å². The maximum Gasteiger partial charge on any atom is 0.209 e. The molecule has 14 heavy (non-hydrogen) atoms. The number of ether oxygens (including phenoxy) is 1. The molecule has 0 bridgehead atoms. The van der Waals surface area contributed by atoms with Gasteiger partial charge in [-0.1, -0.05) is 19.4 Å². The highest BCUT2D eigenvalue weighted by Crippen LogP contribution is 2.06. The summed E-state index contributed by atoms with van der Waals surface area (Å²) < 4.78 is 6.31. The molecule has 0 aromatic rings. The Bertz CT molecular complexity index is 231. The van der Waals surface area contributed by atoms with Gasteiger partial charge in [-0.25, -0.2) is 4.99 Å². The van der Waals surface area contributed by atoms with Crippen molar-refractivity contribution in [2.45, 2.75) is 33.6 Å². The molecule has 0 saturated heterocycles. The molecular formula is C11H18BrNO. The summed E-state index contributed by atoms with van der Waals surface area (Å²) in [5, 5.41) is 0. The van der Waals surface area contributed by atoms with Crippen LogP contribution in [0.2, 0.25) is 0 Å². The van der Waals surface area contributed by atoms with Crippen LogP contribution in [0, 0.1) is 0 Å². The number of aliphatic imine (C=N–C) groups is 1. The molecule has 0 heterocycles. The topological polar surface area (TPSA) is 21.6 Å². The Morgan fingerprint density at radius 1 is 1.43 bits per heavy atom. The Morgan fingerprint density at radius 2 is 2.14 bits per heavy atom. The van der Waals surface area contributed by atoms with Gasteiger partial charge in [-0.2, -0.15) is 0 Å². The molecule has 0 fully saturated rings. The van der Waals surface area contributed by atoms with Crippen molar-refractivity contribution in [2.24, 2.45) is 4.99 Å². The maximum absolute atomic E-state index is 5.35. The van der Waals surface area contributed by atoms with Crippen molar-refractivity contribution in [2.75, 3.05) is 6.61 Å². The van der Waals surface area contributed by atoms with E-state index >= 15 is 0 Å². The lowest BCUT2D eigenvalue weighted by Gasteiger charge is -2.02. The summed E-state index contributed by atoms with van der Waals surface area (Å²) in [6.07, 6.45) is 7.80. The molecule has 0 unspecified atom stereocenters. The summed E-state index contributed by atoms with van der Waals surface area (Å²) in [5.74, 6) is 0.702. The van der Waals surface area contributed by atoms with Gasteiger partial charge in [0.1, 0.15) is 0 Å². The van der Waals surface area contributed by atoms with Gasteiger partial charge < -0.3 is 4.74 Å². The SMILES string of the molecule is C\C=C(Br)/C=N\C(=C\CCC)OCC. The quantitative estimate of drug-likeness (QED) is 0.521. The summed E-state index contributed by atoms with van der Waals surface area (Å²) in [6.45, 7) is 6.69. The zero-order valence-electron chi connectivity index (χ0n) is 9.09. The first-order valence-electron chi connectivity index (χ1n) is 4.93. The van der Waals surface area contributed by atoms with E-state index in [0.717, 1.165) is 17.3 Å². The van der Waals surface area contributed by atoms with E-state index < -0.39 is 0 Å². The molecule has 0 rings (SSSR count). The molecule has 3 heteroatoms. The summed E-state index contributed by atoms with van der Waals surface area (Å²) in [4.78, 5) is 4.22. The molecule has 0 atom stereocenters. The summed E-state index contributed by atoms with van der Waals surface area (Å²) in [7, 11) is 0. The number of hydrogen-bond acceptors (Lipinski definition) is 2. The van der Waals surface area contributed by atoms with Crippen molar-refractivity contribution >= 4 is 22.1 Å². The summed E-state index contributed by atoms with van der Waals surface area (Å²) in [6, 6.07) is 0. The lowest BCUT2D eigenvalue weighted by Crippen LogP contribution is -1.89. The third kappa shape index (κ3) is 6.89. The van der Waals surface area contributed by atoms with Gasteiger partial charge >= 0.3 is 0 Å². The third-order valence-corrected chi connectivity index (χ3v) is 2.15. The fourth-order valence-electron chi connectivity index (χ4n) is 0.764. The number of unbranched alkanes of at least 4 members (excludes halogenated alkanes) is 1. The highest BCUT2D eigenvalue weighted by Gasteiger charge is 1.92. The second-order valence-corrected chi connectivity index (χ2v) is 3.61. The Morgan fingerprint density at radius 3 is 2.64 bits per heavy atom. The maximum atomic E-state index is 5.35. The van der Waals surface area contributed by atoms with Crippen LogP contribution in [0.5, 0.6) is 0 Å². The number of halogens is 1. The van der Waals surface area contributed by atoms with Crippen LogP contribution >= 0.6 is 15.9 Å². The van der Waals surface area contributed by atoms with Crippen molar-refractivity contribution < 1.29 is 4.74 Å². The van der Waals surface area contributed by atoms with E-state index in [1.165, 1.54) is 0 Å². The van der Waals surface area contributed by atoms with Gasteiger partial charge in [0.15, 0.2) is 0 Å². The van der Waals surface area contributed by atoms with Crippen molar-refractivity contribution in [3.63, 3.8) is 0 Å². The standard InChI is InChI=1S/C11H18BrNO/c1-4-7-8-11(14-6-3)13-9-10(12)5-2/h5,8-9H,4,6-7H2,1-3H3/b10-5+,11-8-,13-9-. The normalized spacial score (nSPS) is 13.7. The van der Waals surface area contributed by atoms with Crippen LogP contribution in [0.25, 0.3) is 0 Å². The van der Waals surface area contributed by atoms with Crippen LogP contribution in [-0.4, -0.2) is 12.8 Å². The molecule has 0 amide bonds.